The summed E-state index contributed by atoms with van der Waals surface area (Å²) < 4.78 is 8.97. The van der Waals surface area contributed by atoms with Crippen molar-refractivity contribution >= 4 is 22.7 Å². The van der Waals surface area contributed by atoms with Crippen LogP contribution in [0.25, 0.3) is 5.52 Å². The van der Waals surface area contributed by atoms with Crippen LogP contribution >= 0.6 is 0 Å². The number of allylic oxidation sites excluding steroid dienone is 3. The van der Waals surface area contributed by atoms with Crippen LogP contribution in [0.1, 0.15) is 26.2 Å². The van der Waals surface area contributed by atoms with E-state index in [9.17, 15) is 9.90 Å². The van der Waals surface area contributed by atoms with Crippen LogP contribution in [0.15, 0.2) is 52.8 Å². The number of aliphatic hydroxyl groups excluding tert-OH is 1. The first-order chi connectivity index (χ1) is 15.5. The number of quaternary nitrogens is 1. The number of nitrogens with one attached hydrogen (secondary N) is 1. The van der Waals surface area contributed by atoms with E-state index in [0.717, 1.165) is 16.5 Å². The Hall–Kier alpha value is -2.97. The lowest BCUT2D eigenvalue weighted by Crippen LogP contribution is -2.50. The Kier molecular flexibility index (Phi) is 6.72. The lowest BCUT2D eigenvalue weighted by atomic mass is 10.0. The van der Waals surface area contributed by atoms with Crippen LogP contribution in [0.2, 0.25) is 0 Å². The summed E-state index contributed by atoms with van der Waals surface area (Å²) in [5.74, 6) is 0.413. The lowest BCUT2D eigenvalue weighted by molar-refractivity contribution is -0.914. The number of carbonyl (C=O) groups excluding carboxylic acids is 1. The highest BCUT2D eigenvalue weighted by molar-refractivity contribution is 6.22. The number of hydrogen-bond acceptors (Lipinski definition) is 6. The van der Waals surface area contributed by atoms with Gasteiger partial charge in [0.05, 0.1) is 43.7 Å². The van der Waals surface area contributed by atoms with Gasteiger partial charge >= 0.3 is 0 Å². The zero-order valence-corrected chi connectivity index (χ0v) is 18.9. The highest BCUT2D eigenvalue weighted by atomic mass is 16.5. The molecule has 0 saturated carbocycles. The molecule has 4 rings (SSSR count). The molecule has 0 aromatic carbocycles. The van der Waals surface area contributed by atoms with E-state index >= 15 is 0 Å². The fraction of sp³-hybridized carbons (Fsp3) is 0.458. The predicted octanol–water partition coefficient (Wildman–Crippen LogP) is 2.41. The molecule has 0 radical (unpaired) electrons. The average Bonchev–Trinajstić information content (AvgIpc) is 3.13. The molecule has 1 aliphatic heterocycles. The molecule has 0 atom stereocenters. The summed E-state index contributed by atoms with van der Waals surface area (Å²) in [4.78, 5) is 17.0. The largest absolute Gasteiger partial charge is 0.469 e. The van der Waals surface area contributed by atoms with Gasteiger partial charge in [-0.1, -0.05) is 6.07 Å². The second-order valence-corrected chi connectivity index (χ2v) is 8.78. The van der Waals surface area contributed by atoms with Crippen LogP contribution in [0, 0.1) is 0 Å². The standard InChI is InChI=1S/C24H31N5O3/c1-18-16-20(19(17-22(18)31)25-9-14-30)26-23-21-8-4-5-10-28(21)27-24(23)32-15-13-29(2)11-6-3-7-12-29/h4-5,8,10,16-17,30H,3,6-7,9,11-15H2,1-2H3/p+1. The molecule has 2 aromatic heterocycles. The molecule has 1 aliphatic carbocycles. The maximum absolute atomic E-state index is 12.2. The van der Waals surface area contributed by atoms with Crippen LogP contribution in [-0.4, -0.2) is 77.1 Å². The summed E-state index contributed by atoms with van der Waals surface area (Å²) in [5.41, 5.74) is 3.28. The Labute approximate surface area is 188 Å². The Morgan fingerprint density at radius 2 is 2.06 bits per heavy atom. The van der Waals surface area contributed by atoms with Gasteiger partial charge in [-0.3, -0.25) is 4.79 Å². The molecule has 2 aromatic rings. The number of aliphatic imine (C=N–C) groups is 1. The second-order valence-electron chi connectivity index (χ2n) is 8.78. The van der Waals surface area contributed by atoms with Crippen molar-refractivity contribution < 1.29 is 19.1 Å². The van der Waals surface area contributed by atoms with Gasteiger partial charge in [0, 0.05) is 18.8 Å². The minimum atomic E-state index is -0.0702. The quantitative estimate of drug-likeness (QED) is 0.488. The number of nitrogens with zero attached hydrogens (tertiary/aromatic N) is 4. The van der Waals surface area contributed by atoms with E-state index in [0.29, 0.717) is 41.7 Å². The molecule has 0 spiro atoms. The number of likely N-dealkylation sites (N-methyl/N-ethyl adjacent to an activating group) is 1. The van der Waals surface area contributed by atoms with Crippen LogP contribution in [0.4, 0.5) is 5.69 Å². The molecule has 8 heteroatoms. The lowest BCUT2D eigenvalue weighted by Gasteiger charge is -2.37. The summed E-state index contributed by atoms with van der Waals surface area (Å²) in [6, 6.07) is 5.81. The Morgan fingerprint density at radius 3 is 2.84 bits per heavy atom. The Balaban J connectivity index is 1.63. The van der Waals surface area contributed by atoms with Gasteiger partial charge in [-0.05, 0) is 50.0 Å². The second kappa shape index (κ2) is 9.67. The topological polar surface area (TPSA) is 88.2 Å². The molecule has 0 amide bonds. The molecule has 170 valence electrons. The molecule has 1 saturated heterocycles. The molecule has 0 unspecified atom stereocenters. The first-order valence-corrected chi connectivity index (χ1v) is 11.3. The van der Waals surface area contributed by atoms with Crippen LogP contribution in [0.3, 0.4) is 0 Å². The fourth-order valence-electron chi connectivity index (χ4n) is 4.25. The van der Waals surface area contributed by atoms with E-state index in [-0.39, 0.29) is 12.4 Å². The number of pyridine rings is 1. The minimum Gasteiger partial charge on any atom is -0.469 e. The van der Waals surface area contributed by atoms with Crippen molar-refractivity contribution in [3.8, 4) is 5.88 Å². The first kappa shape index (κ1) is 22.2. The van der Waals surface area contributed by atoms with Gasteiger partial charge < -0.3 is 19.6 Å². The summed E-state index contributed by atoms with van der Waals surface area (Å²) in [5, 5.41) is 16.9. The highest BCUT2D eigenvalue weighted by Gasteiger charge is 2.25. The van der Waals surface area contributed by atoms with Crippen molar-refractivity contribution in [3.05, 3.63) is 47.8 Å². The number of aliphatic hydroxyl groups is 1. The van der Waals surface area contributed by atoms with E-state index in [2.05, 4.69) is 17.5 Å². The van der Waals surface area contributed by atoms with Gasteiger partial charge in [-0.2, -0.15) is 0 Å². The number of ketones is 1. The molecule has 3 heterocycles. The smallest absolute Gasteiger partial charge is 0.260 e. The third-order valence-electron chi connectivity index (χ3n) is 6.20. The van der Waals surface area contributed by atoms with E-state index in [1.54, 1.807) is 17.5 Å². The number of likely N-dealkylation sites (tertiary alicyclic amines) is 1. The van der Waals surface area contributed by atoms with Crippen molar-refractivity contribution in [1.82, 2.24) is 14.9 Å². The normalized spacial score (nSPS) is 19.7. The number of hydrogen-bond donors (Lipinski definition) is 2. The molecule has 32 heavy (non-hydrogen) atoms. The third-order valence-corrected chi connectivity index (χ3v) is 6.20. The number of fused-ring (bicyclic) bond motifs is 1. The van der Waals surface area contributed by atoms with Crippen LogP contribution in [0.5, 0.6) is 5.88 Å². The molecule has 0 bridgehead atoms. The number of aromatic nitrogens is 2. The van der Waals surface area contributed by atoms with E-state index < -0.39 is 0 Å². The summed E-state index contributed by atoms with van der Waals surface area (Å²) in [6.07, 6.45) is 9.01. The van der Waals surface area contributed by atoms with E-state index in [4.69, 9.17) is 9.73 Å². The zero-order valence-electron chi connectivity index (χ0n) is 18.9. The third kappa shape index (κ3) is 4.92. The number of piperidine rings is 1. The predicted molar refractivity (Wildman–Crippen MR) is 124 cm³/mol. The number of ether oxygens (including phenoxy) is 1. The maximum Gasteiger partial charge on any atom is 0.260 e. The summed E-state index contributed by atoms with van der Waals surface area (Å²) in [6.45, 7) is 5.94. The highest BCUT2D eigenvalue weighted by Crippen LogP contribution is 2.33. The average molecular weight is 439 g/mol. The van der Waals surface area contributed by atoms with Crippen molar-refractivity contribution in [3.63, 3.8) is 0 Å². The van der Waals surface area contributed by atoms with Gasteiger partial charge in [0.25, 0.3) is 5.88 Å². The molecule has 1 fully saturated rings. The van der Waals surface area contributed by atoms with Crippen molar-refractivity contribution in [2.45, 2.75) is 26.2 Å². The Bertz CT molecular complexity index is 1080. The molecule has 2 N–H and O–H groups in total. The van der Waals surface area contributed by atoms with Gasteiger partial charge in [-0.25, -0.2) is 9.51 Å². The molecular weight excluding hydrogens is 406 g/mol. The van der Waals surface area contributed by atoms with E-state index in [1.165, 1.54) is 38.4 Å². The van der Waals surface area contributed by atoms with Gasteiger partial charge in [-0.15, -0.1) is 5.10 Å². The Morgan fingerprint density at radius 1 is 1.25 bits per heavy atom. The minimum absolute atomic E-state index is 0.0381. The molecule has 8 nitrogen and oxygen atoms in total. The maximum atomic E-state index is 12.2. The number of rotatable bonds is 8. The van der Waals surface area contributed by atoms with Crippen molar-refractivity contribution in [1.29, 1.82) is 0 Å². The zero-order chi connectivity index (χ0) is 22.6. The number of carbonyl (C=O) groups is 1. The SMILES string of the molecule is CC1=CC(=Nc2c(OCC[N+]3(C)CCCCC3)nn3ccccc23)C(NCCO)=CC1=O. The molecule has 2 aliphatic rings. The summed E-state index contributed by atoms with van der Waals surface area (Å²) in [7, 11) is 2.30. The molecular formula is C24H32N5O3+. The monoisotopic (exact) mass is 438 g/mol. The van der Waals surface area contributed by atoms with Crippen molar-refractivity contribution in [2.75, 3.05) is 46.4 Å². The van der Waals surface area contributed by atoms with E-state index in [1.807, 2.05) is 24.4 Å². The van der Waals surface area contributed by atoms with Gasteiger partial charge in [0.2, 0.25) is 0 Å². The van der Waals surface area contributed by atoms with Gasteiger partial charge in [0.15, 0.2) is 11.5 Å². The fourth-order valence-corrected chi connectivity index (χ4v) is 4.25. The van der Waals surface area contributed by atoms with Gasteiger partial charge in [0.1, 0.15) is 13.2 Å². The van der Waals surface area contributed by atoms with Crippen LogP contribution in [-0.2, 0) is 4.79 Å². The van der Waals surface area contributed by atoms with Crippen molar-refractivity contribution in [2.24, 2.45) is 4.99 Å². The summed E-state index contributed by atoms with van der Waals surface area (Å²) >= 11 is 0. The van der Waals surface area contributed by atoms with Crippen LogP contribution < -0.4 is 10.1 Å². The first-order valence-electron chi connectivity index (χ1n) is 11.3.